The lowest BCUT2D eigenvalue weighted by Crippen LogP contribution is -2.13. The molecular formula is C28H21N3O8S2. The van der Waals surface area contributed by atoms with Crippen molar-refractivity contribution < 1.29 is 35.8 Å². The Labute approximate surface area is 234 Å². The number of rotatable bonds is 6. The Morgan fingerprint density at radius 2 is 1.46 bits per heavy atom. The van der Waals surface area contributed by atoms with Crippen LogP contribution in [-0.2, 0) is 20.2 Å². The van der Waals surface area contributed by atoms with E-state index in [0.717, 1.165) is 12.1 Å². The standard InChI is InChI=1S/C28H21N3O8S2/c1-16-13-19-14-20(40(34,35)36)15-23(29-28(33)18-8-3-2-4-9-18)24(19)26(32)25(16)31-30-22-12-11-17-7-5-6-10-21(17)27(22)41(37,38)39/h2-15,32H,1H3,(H,29,33)(H,34,35,36)(H,37,38,39). The molecule has 0 heterocycles. The molecule has 0 unspecified atom stereocenters. The highest BCUT2D eigenvalue weighted by Gasteiger charge is 2.22. The van der Waals surface area contributed by atoms with Gasteiger partial charge < -0.3 is 10.4 Å². The fourth-order valence-corrected chi connectivity index (χ4v) is 5.84. The molecule has 0 aliphatic carbocycles. The van der Waals surface area contributed by atoms with Crippen molar-refractivity contribution in [2.45, 2.75) is 16.7 Å². The van der Waals surface area contributed by atoms with Crippen LogP contribution < -0.4 is 5.32 Å². The Morgan fingerprint density at radius 1 is 0.780 bits per heavy atom. The van der Waals surface area contributed by atoms with E-state index < -0.39 is 41.7 Å². The zero-order valence-electron chi connectivity index (χ0n) is 21.2. The molecule has 0 aliphatic rings. The van der Waals surface area contributed by atoms with E-state index in [0.29, 0.717) is 10.9 Å². The van der Waals surface area contributed by atoms with Gasteiger partial charge in [0.15, 0.2) is 5.75 Å². The molecule has 41 heavy (non-hydrogen) atoms. The number of hydrogen-bond acceptors (Lipinski definition) is 8. The average molecular weight is 592 g/mol. The van der Waals surface area contributed by atoms with Gasteiger partial charge in [-0.25, -0.2) is 0 Å². The lowest BCUT2D eigenvalue weighted by atomic mass is 10.0. The summed E-state index contributed by atoms with van der Waals surface area (Å²) < 4.78 is 68.1. The molecule has 5 aromatic rings. The zero-order chi connectivity index (χ0) is 29.5. The number of aromatic hydroxyl groups is 1. The molecule has 1 amide bonds. The molecule has 0 saturated carbocycles. The van der Waals surface area contributed by atoms with Gasteiger partial charge in [0.2, 0.25) is 0 Å². The first-order chi connectivity index (χ1) is 19.3. The molecule has 0 aliphatic heterocycles. The van der Waals surface area contributed by atoms with Gasteiger partial charge in [-0.2, -0.15) is 16.8 Å². The van der Waals surface area contributed by atoms with Crippen LogP contribution in [0.5, 0.6) is 5.75 Å². The van der Waals surface area contributed by atoms with Crippen LogP contribution in [0.3, 0.4) is 0 Å². The van der Waals surface area contributed by atoms with Gasteiger partial charge in [0.05, 0.1) is 10.6 Å². The molecule has 13 heteroatoms. The van der Waals surface area contributed by atoms with Gasteiger partial charge in [-0.15, -0.1) is 10.2 Å². The maximum Gasteiger partial charge on any atom is 0.297 e. The van der Waals surface area contributed by atoms with E-state index in [1.165, 1.54) is 30.3 Å². The molecular weight excluding hydrogens is 570 g/mol. The molecule has 0 saturated heterocycles. The van der Waals surface area contributed by atoms with E-state index in [9.17, 15) is 35.8 Å². The van der Waals surface area contributed by atoms with E-state index in [4.69, 9.17) is 0 Å². The molecule has 5 aromatic carbocycles. The van der Waals surface area contributed by atoms with Crippen LogP contribution in [-0.4, -0.2) is 37.0 Å². The predicted octanol–water partition coefficient (Wildman–Crippen LogP) is 6.17. The van der Waals surface area contributed by atoms with E-state index >= 15 is 0 Å². The number of azo groups is 1. The monoisotopic (exact) mass is 591 g/mol. The number of anilines is 1. The molecule has 208 valence electrons. The van der Waals surface area contributed by atoms with Crippen molar-refractivity contribution in [2.24, 2.45) is 10.2 Å². The predicted molar refractivity (Wildman–Crippen MR) is 152 cm³/mol. The van der Waals surface area contributed by atoms with Crippen molar-refractivity contribution >= 4 is 64.8 Å². The van der Waals surface area contributed by atoms with E-state index in [2.05, 4.69) is 15.5 Å². The minimum Gasteiger partial charge on any atom is -0.505 e. The van der Waals surface area contributed by atoms with Gasteiger partial charge in [0.25, 0.3) is 26.1 Å². The van der Waals surface area contributed by atoms with E-state index in [1.807, 2.05) is 0 Å². The van der Waals surface area contributed by atoms with Crippen molar-refractivity contribution in [3.63, 3.8) is 0 Å². The number of carbonyl (C=O) groups excluding carboxylic acids is 1. The molecule has 0 bridgehead atoms. The Balaban J connectivity index is 1.70. The Morgan fingerprint density at radius 3 is 2.15 bits per heavy atom. The number of fused-ring (bicyclic) bond motifs is 2. The summed E-state index contributed by atoms with van der Waals surface area (Å²) in [4.78, 5) is 11.9. The average Bonchev–Trinajstić information content (AvgIpc) is 2.91. The second-order valence-electron chi connectivity index (χ2n) is 9.06. The van der Waals surface area contributed by atoms with Gasteiger partial charge in [-0.1, -0.05) is 48.5 Å². The molecule has 0 aromatic heterocycles. The van der Waals surface area contributed by atoms with E-state index in [-0.39, 0.29) is 38.8 Å². The number of amides is 1. The zero-order valence-corrected chi connectivity index (χ0v) is 22.8. The van der Waals surface area contributed by atoms with Gasteiger partial charge in [0.1, 0.15) is 16.3 Å². The van der Waals surface area contributed by atoms with Crippen LogP contribution in [0.1, 0.15) is 15.9 Å². The highest BCUT2D eigenvalue weighted by Crippen LogP contribution is 2.44. The van der Waals surface area contributed by atoms with Gasteiger partial charge in [-0.3, -0.25) is 13.9 Å². The van der Waals surface area contributed by atoms with Crippen LogP contribution in [0, 0.1) is 6.92 Å². The van der Waals surface area contributed by atoms with E-state index in [1.54, 1.807) is 49.4 Å². The second kappa shape index (κ2) is 10.4. The first-order valence-electron chi connectivity index (χ1n) is 11.9. The number of benzene rings is 5. The smallest absolute Gasteiger partial charge is 0.297 e. The van der Waals surface area contributed by atoms with Crippen molar-refractivity contribution in [2.75, 3.05) is 5.32 Å². The third kappa shape index (κ3) is 5.51. The largest absolute Gasteiger partial charge is 0.505 e. The minimum absolute atomic E-state index is 0.00487. The normalized spacial score (nSPS) is 12.3. The molecule has 5 rings (SSSR count). The first kappa shape index (κ1) is 27.9. The summed E-state index contributed by atoms with van der Waals surface area (Å²) in [6, 6.07) is 21.0. The topological polar surface area (TPSA) is 183 Å². The third-order valence-corrected chi connectivity index (χ3v) is 8.08. The molecule has 0 radical (unpaired) electrons. The summed E-state index contributed by atoms with van der Waals surface area (Å²) in [5.41, 5.74) is 0.118. The number of phenolic OH excluding ortho intramolecular Hbond substituents is 1. The number of aryl methyl sites for hydroxylation is 1. The van der Waals surface area contributed by atoms with Gasteiger partial charge >= 0.3 is 0 Å². The first-order valence-corrected chi connectivity index (χ1v) is 14.8. The summed E-state index contributed by atoms with van der Waals surface area (Å²) in [7, 11) is -9.42. The van der Waals surface area contributed by atoms with Gasteiger partial charge in [0, 0.05) is 16.3 Å². The fourth-order valence-electron chi connectivity index (χ4n) is 4.46. The Bertz CT molecular complexity index is 2110. The quantitative estimate of drug-likeness (QED) is 0.133. The van der Waals surface area contributed by atoms with Crippen molar-refractivity contribution in [3.05, 3.63) is 96.1 Å². The molecule has 0 fully saturated rings. The second-order valence-corrected chi connectivity index (χ2v) is 11.8. The summed E-state index contributed by atoms with van der Waals surface area (Å²) in [5.74, 6) is -1.11. The number of nitrogens with one attached hydrogen (secondary N) is 1. The fraction of sp³-hybridized carbons (Fsp3) is 0.0357. The number of nitrogens with zero attached hydrogens (tertiary/aromatic N) is 2. The summed E-state index contributed by atoms with van der Waals surface area (Å²) in [6.45, 7) is 1.54. The highest BCUT2D eigenvalue weighted by atomic mass is 32.2. The molecule has 11 nitrogen and oxygen atoms in total. The maximum absolute atomic E-state index is 12.9. The maximum atomic E-state index is 12.9. The highest BCUT2D eigenvalue weighted by molar-refractivity contribution is 7.86. The number of phenols is 1. The summed E-state index contributed by atoms with van der Waals surface area (Å²) >= 11 is 0. The third-order valence-electron chi connectivity index (χ3n) is 6.31. The molecule has 4 N–H and O–H groups in total. The SMILES string of the molecule is Cc1cc2cc(S(=O)(=O)O)cc(NC(=O)c3ccccc3)c2c(O)c1N=Nc1ccc2ccccc2c1S(=O)(=O)O. The van der Waals surface area contributed by atoms with Gasteiger partial charge in [-0.05, 0) is 59.7 Å². The van der Waals surface area contributed by atoms with Crippen molar-refractivity contribution in [3.8, 4) is 5.75 Å². The molecule has 0 atom stereocenters. The van der Waals surface area contributed by atoms with Crippen LogP contribution >= 0.6 is 0 Å². The lowest BCUT2D eigenvalue weighted by molar-refractivity contribution is 0.102. The van der Waals surface area contributed by atoms with Crippen LogP contribution in [0.2, 0.25) is 0 Å². The number of carbonyl (C=O) groups is 1. The van der Waals surface area contributed by atoms with Crippen LogP contribution in [0.15, 0.2) is 105 Å². The van der Waals surface area contributed by atoms with Crippen molar-refractivity contribution in [1.29, 1.82) is 0 Å². The number of hydrogen-bond donors (Lipinski definition) is 4. The van der Waals surface area contributed by atoms with Crippen molar-refractivity contribution in [1.82, 2.24) is 0 Å². The lowest BCUT2D eigenvalue weighted by Gasteiger charge is -2.15. The summed E-state index contributed by atoms with van der Waals surface area (Å²) in [5, 5.41) is 22.8. The summed E-state index contributed by atoms with van der Waals surface area (Å²) in [6.07, 6.45) is 0. The minimum atomic E-state index is -4.73. The van der Waals surface area contributed by atoms with Crippen LogP contribution in [0.4, 0.5) is 17.1 Å². The van der Waals surface area contributed by atoms with Crippen LogP contribution in [0.25, 0.3) is 21.5 Å². The Hall–Kier alpha value is -4.69. The molecule has 0 spiro atoms. The Kier molecular flexibility index (Phi) is 7.05.